The maximum atomic E-state index is 12.2. The van der Waals surface area contributed by atoms with Crippen molar-refractivity contribution in [1.29, 1.82) is 0 Å². The highest BCUT2D eigenvalue weighted by molar-refractivity contribution is 5.94. The Bertz CT molecular complexity index is 422. The van der Waals surface area contributed by atoms with Crippen molar-refractivity contribution in [3.05, 3.63) is 34.9 Å². The Morgan fingerprint density at radius 3 is 2.39 bits per heavy atom. The molecule has 1 aliphatic carbocycles. The van der Waals surface area contributed by atoms with Crippen LogP contribution < -0.4 is 11.1 Å². The zero-order valence-corrected chi connectivity index (χ0v) is 11.2. The molecule has 18 heavy (non-hydrogen) atoms. The van der Waals surface area contributed by atoms with Crippen LogP contribution in [0.4, 0.5) is 0 Å². The minimum absolute atomic E-state index is 0.00384. The summed E-state index contributed by atoms with van der Waals surface area (Å²) < 4.78 is 0. The minimum Gasteiger partial charge on any atom is -0.348 e. The Balaban J connectivity index is 2.06. The smallest absolute Gasteiger partial charge is 0.251 e. The first kappa shape index (κ1) is 13.1. The van der Waals surface area contributed by atoms with E-state index in [1.54, 1.807) is 0 Å². The van der Waals surface area contributed by atoms with Crippen LogP contribution in [0.3, 0.4) is 0 Å². The molecule has 3 nitrogen and oxygen atoms in total. The summed E-state index contributed by atoms with van der Waals surface area (Å²) in [6, 6.07) is 6.16. The Morgan fingerprint density at radius 1 is 1.17 bits per heavy atom. The third-order valence-electron chi connectivity index (χ3n) is 3.62. The number of carbonyl (C=O) groups is 1. The standard InChI is InChI=1S/C15H22N2O/c1-10-7-11(2)9-12(8-10)15(18)17-14-6-4-3-5-13(14)16/h7-9,13-14H,3-6,16H2,1-2H3,(H,17,18). The highest BCUT2D eigenvalue weighted by atomic mass is 16.1. The average molecular weight is 246 g/mol. The van der Waals surface area contributed by atoms with Crippen LogP contribution in [0.1, 0.15) is 47.2 Å². The average Bonchev–Trinajstić information content (AvgIpc) is 2.31. The molecule has 1 aromatic carbocycles. The monoisotopic (exact) mass is 246 g/mol. The SMILES string of the molecule is Cc1cc(C)cc(C(=O)NC2CCCCC2N)c1. The molecule has 98 valence electrons. The van der Waals surface area contributed by atoms with E-state index in [4.69, 9.17) is 5.73 Å². The van der Waals surface area contributed by atoms with Gasteiger partial charge < -0.3 is 11.1 Å². The van der Waals surface area contributed by atoms with Crippen molar-refractivity contribution < 1.29 is 4.79 Å². The highest BCUT2D eigenvalue weighted by Crippen LogP contribution is 2.17. The number of nitrogens with two attached hydrogens (primary N) is 1. The minimum atomic E-state index is 0.00384. The van der Waals surface area contributed by atoms with Gasteiger partial charge in [0.15, 0.2) is 0 Å². The fraction of sp³-hybridized carbons (Fsp3) is 0.533. The molecule has 2 unspecified atom stereocenters. The van der Waals surface area contributed by atoms with E-state index in [1.165, 1.54) is 6.42 Å². The van der Waals surface area contributed by atoms with Crippen molar-refractivity contribution in [3.8, 4) is 0 Å². The van der Waals surface area contributed by atoms with Gasteiger partial charge in [0.25, 0.3) is 5.91 Å². The third kappa shape index (κ3) is 3.10. The van der Waals surface area contributed by atoms with E-state index < -0.39 is 0 Å². The van der Waals surface area contributed by atoms with Gasteiger partial charge in [-0.15, -0.1) is 0 Å². The van der Waals surface area contributed by atoms with Gasteiger partial charge >= 0.3 is 0 Å². The quantitative estimate of drug-likeness (QED) is 0.841. The molecule has 0 saturated heterocycles. The summed E-state index contributed by atoms with van der Waals surface area (Å²) >= 11 is 0. The summed E-state index contributed by atoms with van der Waals surface area (Å²) in [4.78, 5) is 12.2. The van der Waals surface area contributed by atoms with E-state index in [2.05, 4.69) is 11.4 Å². The first-order valence-corrected chi connectivity index (χ1v) is 6.71. The molecular weight excluding hydrogens is 224 g/mol. The molecule has 0 bridgehead atoms. The zero-order chi connectivity index (χ0) is 13.1. The lowest BCUT2D eigenvalue weighted by Crippen LogP contribution is -2.49. The second kappa shape index (κ2) is 5.53. The van der Waals surface area contributed by atoms with Gasteiger partial charge in [-0.05, 0) is 38.8 Å². The molecular formula is C15H22N2O. The van der Waals surface area contributed by atoms with E-state index >= 15 is 0 Å². The van der Waals surface area contributed by atoms with Crippen LogP contribution in [0.15, 0.2) is 18.2 Å². The van der Waals surface area contributed by atoms with Crippen LogP contribution >= 0.6 is 0 Å². The van der Waals surface area contributed by atoms with E-state index in [9.17, 15) is 4.79 Å². The summed E-state index contributed by atoms with van der Waals surface area (Å²) in [5, 5.41) is 3.08. The number of amides is 1. The van der Waals surface area contributed by atoms with Crippen molar-refractivity contribution in [2.24, 2.45) is 5.73 Å². The van der Waals surface area contributed by atoms with Gasteiger partial charge in [-0.2, -0.15) is 0 Å². The highest BCUT2D eigenvalue weighted by Gasteiger charge is 2.23. The van der Waals surface area contributed by atoms with Gasteiger partial charge in [-0.3, -0.25) is 4.79 Å². The van der Waals surface area contributed by atoms with E-state index in [0.29, 0.717) is 0 Å². The van der Waals surface area contributed by atoms with Crippen LogP contribution in [0, 0.1) is 13.8 Å². The van der Waals surface area contributed by atoms with Crippen molar-refractivity contribution in [1.82, 2.24) is 5.32 Å². The van der Waals surface area contributed by atoms with Crippen molar-refractivity contribution in [2.45, 2.75) is 51.6 Å². The first-order valence-electron chi connectivity index (χ1n) is 6.71. The number of aryl methyl sites for hydroxylation is 2. The fourth-order valence-corrected chi connectivity index (χ4v) is 2.70. The van der Waals surface area contributed by atoms with Crippen LogP contribution in [0.5, 0.6) is 0 Å². The summed E-state index contributed by atoms with van der Waals surface area (Å²) in [7, 11) is 0. The van der Waals surface area contributed by atoms with E-state index in [-0.39, 0.29) is 18.0 Å². The van der Waals surface area contributed by atoms with Crippen molar-refractivity contribution in [3.63, 3.8) is 0 Å². The Labute approximate surface area is 109 Å². The summed E-state index contributed by atoms with van der Waals surface area (Å²) in [6.45, 7) is 4.02. The summed E-state index contributed by atoms with van der Waals surface area (Å²) in [6.07, 6.45) is 4.35. The van der Waals surface area contributed by atoms with Gasteiger partial charge in [-0.25, -0.2) is 0 Å². The summed E-state index contributed by atoms with van der Waals surface area (Å²) in [5.74, 6) is 0.00384. The molecule has 3 N–H and O–H groups in total. The van der Waals surface area contributed by atoms with Crippen molar-refractivity contribution >= 4 is 5.91 Å². The topological polar surface area (TPSA) is 55.1 Å². The van der Waals surface area contributed by atoms with Gasteiger partial charge in [0.05, 0.1) is 0 Å². The molecule has 3 heteroatoms. The number of hydrogen-bond donors (Lipinski definition) is 2. The molecule has 2 atom stereocenters. The van der Waals surface area contributed by atoms with Crippen molar-refractivity contribution in [2.75, 3.05) is 0 Å². The molecule has 1 aliphatic rings. The number of benzene rings is 1. The second-order valence-corrected chi connectivity index (χ2v) is 5.40. The van der Waals surface area contributed by atoms with Gasteiger partial charge in [0.1, 0.15) is 0 Å². The predicted octanol–water partition coefficient (Wildman–Crippen LogP) is 2.30. The Morgan fingerprint density at radius 2 is 1.78 bits per heavy atom. The van der Waals surface area contributed by atoms with Crippen LogP contribution in [-0.2, 0) is 0 Å². The molecule has 1 amide bonds. The molecule has 0 radical (unpaired) electrons. The fourth-order valence-electron chi connectivity index (χ4n) is 2.70. The molecule has 1 saturated carbocycles. The van der Waals surface area contributed by atoms with Crippen LogP contribution in [0.2, 0.25) is 0 Å². The number of nitrogens with one attached hydrogen (secondary N) is 1. The summed E-state index contributed by atoms with van der Waals surface area (Å²) in [5.41, 5.74) is 9.03. The maximum Gasteiger partial charge on any atom is 0.251 e. The number of carbonyl (C=O) groups excluding carboxylic acids is 1. The lowest BCUT2D eigenvalue weighted by atomic mass is 9.91. The van der Waals surface area contributed by atoms with E-state index in [0.717, 1.165) is 36.0 Å². The molecule has 0 heterocycles. The number of rotatable bonds is 2. The van der Waals surface area contributed by atoms with E-state index in [1.807, 2.05) is 26.0 Å². The first-order chi connectivity index (χ1) is 8.56. The largest absolute Gasteiger partial charge is 0.348 e. The van der Waals surface area contributed by atoms with Gasteiger partial charge in [-0.1, -0.05) is 30.0 Å². The zero-order valence-electron chi connectivity index (χ0n) is 11.2. The van der Waals surface area contributed by atoms with Gasteiger partial charge in [0.2, 0.25) is 0 Å². The molecule has 1 fully saturated rings. The van der Waals surface area contributed by atoms with Gasteiger partial charge in [0, 0.05) is 17.6 Å². The maximum absolute atomic E-state index is 12.2. The Hall–Kier alpha value is -1.35. The molecule has 0 spiro atoms. The second-order valence-electron chi connectivity index (χ2n) is 5.40. The van der Waals surface area contributed by atoms with Crippen LogP contribution in [0.25, 0.3) is 0 Å². The molecule has 0 aliphatic heterocycles. The lowest BCUT2D eigenvalue weighted by Gasteiger charge is -2.29. The Kier molecular flexibility index (Phi) is 4.02. The number of hydrogen-bond acceptors (Lipinski definition) is 2. The molecule has 1 aromatic rings. The molecule has 0 aromatic heterocycles. The normalized spacial score (nSPS) is 23.7. The predicted molar refractivity (Wildman–Crippen MR) is 73.6 cm³/mol. The molecule has 2 rings (SSSR count). The van der Waals surface area contributed by atoms with Crippen LogP contribution in [-0.4, -0.2) is 18.0 Å². The third-order valence-corrected chi connectivity index (χ3v) is 3.62. The lowest BCUT2D eigenvalue weighted by molar-refractivity contribution is 0.0921.